The Labute approximate surface area is 202 Å². The molecule has 1 amide bonds. The Bertz CT molecular complexity index is 1130. The molecule has 9 heteroatoms. The predicted molar refractivity (Wildman–Crippen MR) is 127 cm³/mol. The van der Waals surface area contributed by atoms with Crippen LogP contribution < -0.4 is 15.4 Å². The Morgan fingerprint density at radius 3 is 2.41 bits per heavy atom. The van der Waals surface area contributed by atoms with E-state index in [1.54, 1.807) is 0 Å². The van der Waals surface area contributed by atoms with Gasteiger partial charge in [0.05, 0.1) is 17.3 Å². The first-order chi connectivity index (χ1) is 16.1. The highest BCUT2D eigenvalue weighted by Gasteiger charge is 2.40. The molecule has 0 bridgehead atoms. The number of rotatable bonds is 6. The van der Waals surface area contributed by atoms with Crippen molar-refractivity contribution in [2.75, 3.05) is 5.32 Å². The van der Waals surface area contributed by atoms with Gasteiger partial charge in [-0.1, -0.05) is 23.7 Å². The lowest BCUT2D eigenvalue weighted by Gasteiger charge is -2.21. The van der Waals surface area contributed by atoms with E-state index in [0.717, 1.165) is 11.3 Å². The Morgan fingerprint density at radius 2 is 1.82 bits per heavy atom. The van der Waals surface area contributed by atoms with Crippen LogP contribution in [0, 0.1) is 0 Å². The summed E-state index contributed by atoms with van der Waals surface area (Å²) < 4.78 is 31.0. The van der Waals surface area contributed by atoms with Gasteiger partial charge in [0, 0.05) is 28.9 Å². The topological polar surface area (TPSA) is 68.2 Å². The number of halogens is 3. The molecule has 0 radical (unpaired) electrons. The second kappa shape index (κ2) is 9.72. The van der Waals surface area contributed by atoms with E-state index in [9.17, 15) is 13.6 Å². The molecular formula is C25H27ClF2N4O2. The van der Waals surface area contributed by atoms with Crippen LogP contribution in [0.4, 0.5) is 14.5 Å². The highest BCUT2D eigenvalue weighted by atomic mass is 35.5. The van der Waals surface area contributed by atoms with Crippen molar-refractivity contribution in [1.29, 1.82) is 0 Å². The summed E-state index contributed by atoms with van der Waals surface area (Å²) in [6.45, 7) is 3.36. The van der Waals surface area contributed by atoms with E-state index in [2.05, 4.69) is 36.1 Å². The number of nitrogens with one attached hydrogen (secondary N) is 2. The van der Waals surface area contributed by atoms with Gasteiger partial charge in [0.2, 0.25) is 5.91 Å². The smallest absolute Gasteiger partial charge is 0.387 e. The number of ether oxygens (including phenoxy) is 1. The average Bonchev–Trinajstić information content (AvgIpc) is 3.43. The van der Waals surface area contributed by atoms with Crippen LogP contribution in [-0.2, 0) is 10.3 Å². The average molecular weight is 489 g/mol. The summed E-state index contributed by atoms with van der Waals surface area (Å²) in [5.74, 6) is -0.203. The summed E-state index contributed by atoms with van der Waals surface area (Å²) in [6, 6.07) is 14.8. The van der Waals surface area contributed by atoms with Crippen molar-refractivity contribution in [3.63, 3.8) is 0 Å². The number of hydrogen-bond acceptors (Lipinski definition) is 4. The fraction of sp³-hybridized carbons (Fsp3) is 0.360. The molecular weight excluding hydrogens is 462 g/mol. The van der Waals surface area contributed by atoms with Gasteiger partial charge >= 0.3 is 6.61 Å². The summed E-state index contributed by atoms with van der Waals surface area (Å²) in [6.07, 6.45) is 2.51. The van der Waals surface area contributed by atoms with Crippen molar-refractivity contribution in [2.24, 2.45) is 0 Å². The SMILES string of the molecule is CC(C)(C)n1ccc(C2C[C@@H](C(=O)Nc3ccc(OC(F)F)cc3)N[C@H]2c2ccc(Cl)cc2)n1. The Balaban J connectivity index is 1.54. The van der Waals surface area contributed by atoms with E-state index < -0.39 is 12.7 Å². The molecule has 3 aromatic rings. The zero-order valence-electron chi connectivity index (χ0n) is 19.1. The molecule has 6 nitrogen and oxygen atoms in total. The van der Waals surface area contributed by atoms with Crippen LogP contribution in [0.1, 0.15) is 50.4 Å². The van der Waals surface area contributed by atoms with Crippen molar-refractivity contribution < 1.29 is 18.3 Å². The number of benzene rings is 2. The summed E-state index contributed by atoms with van der Waals surface area (Å²) >= 11 is 6.08. The van der Waals surface area contributed by atoms with Crippen molar-refractivity contribution in [1.82, 2.24) is 15.1 Å². The fourth-order valence-corrected chi connectivity index (χ4v) is 4.25. The van der Waals surface area contributed by atoms with Gasteiger partial charge in [0.15, 0.2) is 0 Å². The first kappa shape index (κ1) is 24.2. The summed E-state index contributed by atoms with van der Waals surface area (Å²) in [5.41, 5.74) is 2.27. The molecule has 1 unspecified atom stereocenters. The van der Waals surface area contributed by atoms with E-state index in [0.29, 0.717) is 17.1 Å². The first-order valence-electron chi connectivity index (χ1n) is 11.0. The fourth-order valence-electron chi connectivity index (χ4n) is 4.12. The van der Waals surface area contributed by atoms with Gasteiger partial charge in [-0.2, -0.15) is 13.9 Å². The molecule has 2 aromatic carbocycles. The molecule has 3 atom stereocenters. The second-order valence-corrected chi connectivity index (χ2v) is 9.78. The molecule has 0 aliphatic carbocycles. The number of alkyl halides is 2. The number of hydrogen-bond donors (Lipinski definition) is 2. The van der Waals surface area contributed by atoms with Gasteiger partial charge in [-0.3, -0.25) is 14.8 Å². The van der Waals surface area contributed by atoms with Gasteiger partial charge in [-0.05, 0) is 75.2 Å². The molecule has 1 fully saturated rings. The molecule has 4 rings (SSSR count). The minimum Gasteiger partial charge on any atom is -0.435 e. The van der Waals surface area contributed by atoms with Crippen molar-refractivity contribution in [2.45, 2.75) is 57.3 Å². The highest BCUT2D eigenvalue weighted by Crippen LogP contribution is 2.40. The largest absolute Gasteiger partial charge is 0.435 e. The number of anilines is 1. The maximum atomic E-state index is 13.1. The minimum absolute atomic E-state index is 0.0256. The van der Waals surface area contributed by atoms with E-state index in [-0.39, 0.29) is 29.2 Å². The molecule has 0 spiro atoms. The molecule has 0 saturated carbocycles. The second-order valence-electron chi connectivity index (χ2n) is 9.34. The van der Waals surface area contributed by atoms with E-state index in [1.807, 2.05) is 41.2 Å². The van der Waals surface area contributed by atoms with Crippen molar-refractivity contribution in [3.8, 4) is 5.75 Å². The number of nitrogens with zero attached hydrogens (tertiary/aromatic N) is 2. The molecule has 1 aliphatic heterocycles. The third-order valence-electron chi connectivity index (χ3n) is 5.84. The van der Waals surface area contributed by atoms with Crippen LogP contribution in [-0.4, -0.2) is 28.3 Å². The van der Waals surface area contributed by atoms with Gasteiger partial charge in [-0.15, -0.1) is 0 Å². The quantitative estimate of drug-likeness (QED) is 0.465. The van der Waals surface area contributed by atoms with E-state index in [4.69, 9.17) is 16.7 Å². The predicted octanol–water partition coefficient (Wildman–Crippen LogP) is 5.72. The van der Waals surface area contributed by atoms with Crippen LogP contribution >= 0.6 is 11.6 Å². The van der Waals surface area contributed by atoms with Crippen LogP contribution in [0.2, 0.25) is 5.02 Å². The summed E-state index contributed by atoms with van der Waals surface area (Å²) in [5, 5.41) is 11.8. The maximum absolute atomic E-state index is 13.1. The lowest BCUT2D eigenvalue weighted by Crippen LogP contribution is -2.36. The highest BCUT2D eigenvalue weighted by molar-refractivity contribution is 6.30. The minimum atomic E-state index is -2.90. The third-order valence-corrected chi connectivity index (χ3v) is 6.09. The zero-order valence-corrected chi connectivity index (χ0v) is 19.9. The number of amides is 1. The number of aromatic nitrogens is 2. The van der Waals surface area contributed by atoms with E-state index >= 15 is 0 Å². The molecule has 2 heterocycles. The molecule has 1 aliphatic rings. The maximum Gasteiger partial charge on any atom is 0.387 e. The van der Waals surface area contributed by atoms with Crippen LogP contribution in [0.25, 0.3) is 0 Å². The monoisotopic (exact) mass is 488 g/mol. The number of carbonyl (C=O) groups is 1. The third kappa shape index (κ3) is 5.56. The van der Waals surface area contributed by atoms with Gasteiger partial charge in [-0.25, -0.2) is 0 Å². The zero-order chi connectivity index (χ0) is 24.5. The summed E-state index contributed by atoms with van der Waals surface area (Å²) in [4.78, 5) is 13.1. The first-order valence-corrected chi connectivity index (χ1v) is 11.4. The standard InChI is InChI=1S/C25H27ClF2N4O2/c1-25(2,3)32-13-12-20(31-32)19-14-21(30-22(19)15-4-6-16(26)7-5-15)23(33)29-17-8-10-18(11-9-17)34-24(27)28/h4-13,19,21-22,24,30H,14H2,1-3H3,(H,29,33)/t19?,21-,22-/m0/s1. The Morgan fingerprint density at radius 1 is 1.15 bits per heavy atom. The molecule has 2 N–H and O–H groups in total. The van der Waals surface area contributed by atoms with Crippen LogP contribution in [0.15, 0.2) is 60.8 Å². The molecule has 1 aromatic heterocycles. The van der Waals surface area contributed by atoms with Crippen LogP contribution in [0.3, 0.4) is 0 Å². The Kier molecular flexibility index (Phi) is 6.91. The summed E-state index contributed by atoms with van der Waals surface area (Å²) in [7, 11) is 0. The van der Waals surface area contributed by atoms with Crippen molar-refractivity contribution >= 4 is 23.2 Å². The van der Waals surface area contributed by atoms with Gasteiger partial charge < -0.3 is 10.1 Å². The van der Waals surface area contributed by atoms with Gasteiger partial charge in [0.1, 0.15) is 5.75 Å². The lowest BCUT2D eigenvalue weighted by atomic mass is 9.90. The normalized spacial score (nSPS) is 20.5. The number of carbonyl (C=O) groups excluding carboxylic acids is 1. The lowest BCUT2D eigenvalue weighted by molar-refractivity contribution is -0.117. The Hall–Kier alpha value is -2.97. The van der Waals surface area contributed by atoms with Gasteiger partial charge in [0.25, 0.3) is 0 Å². The van der Waals surface area contributed by atoms with Crippen LogP contribution in [0.5, 0.6) is 5.75 Å². The van der Waals surface area contributed by atoms with E-state index in [1.165, 1.54) is 24.3 Å². The van der Waals surface area contributed by atoms with Crippen molar-refractivity contribution in [3.05, 3.63) is 77.1 Å². The molecule has 34 heavy (non-hydrogen) atoms. The molecule has 180 valence electrons. The molecule has 1 saturated heterocycles.